The van der Waals surface area contributed by atoms with E-state index in [1.165, 1.54) is 24.3 Å². The molecule has 0 aliphatic heterocycles. The van der Waals surface area contributed by atoms with Gasteiger partial charge in [-0.3, -0.25) is 14.3 Å². The van der Waals surface area contributed by atoms with Crippen molar-refractivity contribution >= 4 is 33.2 Å². The second-order valence-corrected chi connectivity index (χ2v) is 7.80. The van der Waals surface area contributed by atoms with Gasteiger partial charge >= 0.3 is 0 Å². The lowest BCUT2D eigenvalue weighted by atomic mass is 10.1. The van der Waals surface area contributed by atoms with Crippen LogP contribution >= 0.6 is 0 Å². The van der Waals surface area contributed by atoms with E-state index in [4.69, 9.17) is 5.73 Å². The second kappa shape index (κ2) is 8.01. The van der Waals surface area contributed by atoms with Crippen molar-refractivity contribution in [2.24, 2.45) is 11.7 Å². The highest BCUT2D eigenvalue weighted by Crippen LogP contribution is 2.19. The third-order valence-electron chi connectivity index (χ3n) is 3.54. The number of primary amides is 1. The van der Waals surface area contributed by atoms with Crippen molar-refractivity contribution in [3.8, 4) is 0 Å². The molecule has 0 aliphatic rings. The topological polar surface area (TPSA) is 118 Å². The van der Waals surface area contributed by atoms with Crippen molar-refractivity contribution in [1.82, 2.24) is 0 Å². The molecule has 2 aromatic carbocycles. The smallest absolute Gasteiger partial charge is 0.261 e. The first-order chi connectivity index (χ1) is 12.2. The highest BCUT2D eigenvalue weighted by molar-refractivity contribution is 7.92. The second-order valence-electron chi connectivity index (χ2n) is 6.11. The van der Waals surface area contributed by atoms with Gasteiger partial charge in [-0.2, -0.15) is 0 Å². The maximum Gasteiger partial charge on any atom is 0.261 e. The standard InChI is InChI=1S/C18H21N3O4S/c1-12(2)18(23)20-14-7-9-16(10-8-14)26(24,25)21-15-5-3-13(4-6-15)11-17(19)22/h3-10,12,21H,11H2,1-2H3,(H2,19,22)(H,20,23). The molecule has 0 saturated carbocycles. The predicted molar refractivity (Wildman–Crippen MR) is 100 cm³/mol. The molecule has 8 heteroatoms. The molecule has 0 unspecified atom stereocenters. The zero-order valence-corrected chi connectivity index (χ0v) is 15.3. The number of hydrogen-bond donors (Lipinski definition) is 3. The number of anilines is 2. The number of nitrogens with two attached hydrogens (primary N) is 1. The number of hydrogen-bond acceptors (Lipinski definition) is 4. The molecule has 0 aromatic heterocycles. The number of carbonyl (C=O) groups excluding carboxylic acids is 2. The Balaban J connectivity index is 2.09. The van der Waals surface area contributed by atoms with Gasteiger partial charge in [0.05, 0.1) is 11.3 Å². The molecule has 0 spiro atoms. The first kappa shape index (κ1) is 19.5. The molecule has 0 fully saturated rings. The van der Waals surface area contributed by atoms with Gasteiger partial charge in [-0.1, -0.05) is 26.0 Å². The largest absolute Gasteiger partial charge is 0.369 e. The van der Waals surface area contributed by atoms with Crippen LogP contribution in [0.25, 0.3) is 0 Å². The van der Waals surface area contributed by atoms with Crippen molar-refractivity contribution < 1.29 is 18.0 Å². The van der Waals surface area contributed by atoms with E-state index in [9.17, 15) is 18.0 Å². The third-order valence-corrected chi connectivity index (χ3v) is 4.94. The Hall–Kier alpha value is -2.87. The first-order valence-corrected chi connectivity index (χ1v) is 9.46. The van der Waals surface area contributed by atoms with Crippen molar-refractivity contribution in [2.45, 2.75) is 25.2 Å². The van der Waals surface area contributed by atoms with Gasteiger partial charge in [0.25, 0.3) is 10.0 Å². The van der Waals surface area contributed by atoms with Gasteiger partial charge in [-0.05, 0) is 42.0 Å². The number of benzene rings is 2. The SMILES string of the molecule is CC(C)C(=O)Nc1ccc(S(=O)(=O)Nc2ccc(CC(N)=O)cc2)cc1. The van der Waals surface area contributed by atoms with Crippen LogP contribution < -0.4 is 15.8 Å². The van der Waals surface area contributed by atoms with Crippen LogP contribution in [0.5, 0.6) is 0 Å². The zero-order chi connectivity index (χ0) is 19.3. The van der Waals surface area contributed by atoms with Crippen LogP contribution in [-0.4, -0.2) is 20.2 Å². The molecule has 4 N–H and O–H groups in total. The lowest BCUT2D eigenvalue weighted by Gasteiger charge is -2.11. The maximum absolute atomic E-state index is 12.4. The van der Waals surface area contributed by atoms with Gasteiger partial charge in [0.15, 0.2) is 0 Å². The van der Waals surface area contributed by atoms with Crippen LogP contribution in [0.4, 0.5) is 11.4 Å². The summed E-state index contributed by atoms with van der Waals surface area (Å²) in [4.78, 5) is 22.6. The lowest BCUT2D eigenvalue weighted by molar-refractivity contribution is -0.119. The Morgan fingerprint density at radius 2 is 1.50 bits per heavy atom. The summed E-state index contributed by atoms with van der Waals surface area (Å²) in [5.41, 5.74) is 6.72. The van der Waals surface area contributed by atoms with Crippen LogP contribution in [0.1, 0.15) is 19.4 Å². The van der Waals surface area contributed by atoms with Crippen molar-refractivity contribution in [2.75, 3.05) is 10.0 Å². The van der Waals surface area contributed by atoms with Crippen LogP contribution in [0, 0.1) is 5.92 Å². The predicted octanol–water partition coefficient (Wildman–Crippen LogP) is 2.11. The molecule has 2 amide bonds. The molecule has 0 heterocycles. The molecule has 0 saturated heterocycles. The molecule has 7 nitrogen and oxygen atoms in total. The fraction of sp³-hybridized carbons (Fsp3) is 0.222. The van der Waals surface area contributed by atoms with Crippen LogP contribution in [-0.2, 0) is 26.0 Å². The minimum Gasteiger partial charge on any atom is -0.369 e. The van der Waals surface area contributed by atoms with Crippen LogP contribution in [0.2, 0.25) is 0 Å². The summed E-state index contributed by atoms with van der Waals surface area (Å²) in [6, 6.07) is 12.3. The minimum absolute atomic E-state index is 0.0706. The molecule has 138 valence electrons. The Kier molecular flexibility index (Phi) is 5.99. The van der Waals surface area contributed by atoms with Gasteiger partial charge in [-0.25, -0.2) is 8.42 Å². The lowest BCUT2D eigenvalue weighted by Crippen LogP contribution is -2.18. The Bertz CT molecular complexity index is 889. The number of carbonyl (C=O) groups is 2. The monoisotopic (exact) mass is 375 g/mol. The van der Waals surface area contributed by atoms with E-state index >= 15 is 0 Å². The zero-order valence-electron chi connectivity index (χ0n) is 14.5. The normalized spacial score (nSPS) is 11.2. The summed E-state index contributed by atoms with van der Waals surface area (Å²) in [5, 5.41) is 2.70. The molecular weight excluding hydrogens is 354 g/mol. The van der Waals surface area contributed by atoms with Crippen molar-refractivity contribution in [3.05, 3.63) is 54.1 Å². The Morgan fingerprint density at radius 3 is 2.00 bits per heavy atom. The van der Waals surface area contributed by atoms with Gasteiger partial charge in [-0.15, -0.1) is 0 Å². The van der Waals surface area contributed by atoms with Gasteiger partial charge < -0.3 is 11.1 Å². The summed E-state index contributed by atoms with van der Waals surface area (Å²) in [6.07, 6.45) is 0.0938. The highest BCUT2D eigenvalue weighted by atomic mass is 32.2. The average molecular weight is 375 g/mol. The molecule has 0 atom stereocenters. The molecule has 0 bridgehead atoms. The van der Waals surface area contributed by atoms with Gasteiger partial charge in [0, 0.05) is 17.3 Å². The molecule has 0 radical (unpaired) electrons. The minimum atomic E-state index is -3.77. The highest BCUT2D eigenvalue weighted by Gasteiger charge is 2.15. The van der Waals surface area contributed by atoms with E-state index in [1.54, 1.807) is 38.1 Å². The summed E-state index contributed by atoms with van der Waals surface area (Å²) in [5.74, 6) is -0.768. The molecule has 2 aromatic rings. The van der Waals surface area contributed by atoms with Crippen LogP contribution in [0.15, 0.2) is 53.4 Å². The Labute approximate surface area is 152 Å². The average Bonchev–Trinajstić information content (AvgIpc) is 2.56. The number of amides is 2. The van der Waals surface area contributed by atoms with Crippen LogP contribution in [0.3, 0.4) is 0 Å². The fourth-order valence-corrected chi connectivity index (χ4v) is 3.17. The summed E-state index contributed by atoms with van der Waals surface area (Å²) >= 11 is 0. The molecule has 26 heavy (non-hydrogen) atoms. The van der Waals surface area contributed by atoms with E-state index in [0.29, 0.717) is 16.9 Å². The summed E-state index contributed by atoms with van der Waals surface area (Å²) in [7, 11) is -3.77. The van der Waals surface area contributed by atoms with E-state index in [0.717, 1.165) is 0 Å². The fourth-order valence-electron chi connectivity index (χ4n) is 2.11. The number of rotatable bonds is 7. The summed E-state index contributed by atoms with van der Waals surface area (Å²) < 4.78 is 27.3. The van der Waals surface area contributed by atoms with E-state index in [-0.39, 0.29) is 23.1 Å². The van der Waals surface area contributed by atoms with Crippen molar-refractivity contribution in [1.29, 1.82) is 0 Å². The number of nitrogens with one attached hydrogen (secondary N) is 2. The molecule has 0 aliphatic carbocycles. The van der Waals surface area contributed by atoms with Gasteiger partial charge in [0.2, 0.25) is 11.8 Å². The quantitative estimate of drug-likeness (QED) is 0.687. The van der Waals surface area contributed by atoms with E-state index in [1.807, 2.05) is 0 Å². The number of sulfonamides is 1. The first-order valence-electron chi connectivity index (χ1n) is 7.98. The molecule has 2 rings (SSSR count). The van der Waals surface area contributed by atoms with Gasteiger partial charge in [0.1, 0.15) is 0 Å². The van der Waals surface area contributed by atoms with Crippen molar-refractivity contribution in [3.63, 3.8) is 0 Å². The van der Waals surface area contributed by atoms with E-state index < -0.39 is 15.9 Å². The van der Waals surface area contributed by atoms with E-state index in [2.05, 4.69) is 10.0 Å². The maximum atomic E-state index is 12.4. The summed E-state index contributed by atoms with van der Waals surface area (Å²) in [6.45, 7) is 3.54. The molecular formula is C18H21N3O4S. The third kappa shape index (κ3) is 5.32. The Morgan fingerprint density at radius 1 is 0.962 bits per heavy atom.